The fraction of sp³-hybridized carbons (Fsp3) is 0.348. The first-order valence-electron chi connectivity index (χ1n) is 10.1. The smallest absolute Gasteiger partial charge is 0.408 e. The maximum Gasteiger partial charge on any atom is 0.408 e. The molecule has 2 aromatic rings. The van der Waals surface area contributed by atoms with Gasteiger partial charge in [-0.2, -0.15) is 0 Å². The van der Waals surface area contributed by atoms with E-state index in [0.717, 1.165) is 12.7 Å². The number of amides is 2. The maximum absolute atomic E-state index is 14.6. The Morgan fingerprint density at radius 2 is 1.91 bits per heavy atom. The lowest BCUT2D eigenvalue weighted by Gasteiger charge is -2.27. The summed E-state index contributed by atoms with van der Waals surface area (Å²) in [6.07, 6.45) is -0.736. The number of rotatable bonds is 4. The Hall–Kier alpha value is -2.78. The fourth-order valence-electron chi connectivity index (χ4n) is 3.18. The molecule has 0 fully saturated rings. The van der Waals surface area contributed by atoms with E-state index in [2.05, 4.69) is 10.1 Å². The van der Waals surface area contributed by atoms with Crippen LogP contribution >= 0.6 is 23.4 Å². The van der Waals surface area contributed by atoms with E-state index in [1.807, 2.05) is 0 Å². The van der Waals surface area contributed by atoms with E-state index in [9.17, 15) is 18.8 Å². The van der Waals surface area contributed by atoms with Crippen LogP contribution in [0, 0.1) is 5.82 Å². The molecule has 1 aliphatic rings. The molecular formula is C23H24ClFN2O5S. The number of methoxy groups -OCH3 is 1. The lowest BCUT2D eigenvalue weighted by molar-refractivity contribution is -0.120. The molecule has 0 bridgehead atoms. The van der Waals surface area contributed by atoms with Gasteiger partial charge in [0, 0.05) is 15.7 Å². The van der Waals surface area contributed by atoms with Crippen molar-refractivity contribution in [1.82, 2.24) is 5.32 Å². The van der Waals surface area contributed by atoms with Crippen LogP contribution in [0.4, 0.5) is 14.9 Å². The summed E-state index contributed by atoms with van der Waals surface area (Å²) >= 11 is 7.17. The van der Waals surface area contributed by atoms with Crippen LogP contribution in [-0.4, -0.2) is 42.5 Å². The largest absolute Gasteiger partial charge is 0.465 e. The van der Waals surface area contributed by atoms with Crippen LogP contribution < -0.4 is 10.2 Å². The zero-order valence-electron chi connectivity index (χ0n) is 18.6. The number of nitrogens with zero attached hydrogens (tertiary/aromatic N) is 1. The molecule has 176 valence electrons. The van der Waals surface area contributed by atoms with Crippen molar-refractivity contribution in [1.29, 1.82) is 0 Å². The number of carbonyl (C=O) groups is 3. The number of esters is 1. The number of hydrogen-bond donors (Lipinski definition) is 1. The Morgan fingerprint density at radius 3 is 2.52 bits per heavy atom. The highest BCUT2D eigenvalue weighted by molar-refractivity contribution is 7.99. The Balaban J connectivity index is 2.01. The first-order chi connectivity index (χ1) is 15.5. The van der Waals surface area contributed by atoms with Gasteiger partial charge < -0.3 is 19.7 Å². The van der Waals surface area contributed by atoms with Crippen LogP contribution in [0.1, 0.15) is 36.7 Å². The van der Waals surface area contributed by atoms with Crippen LogP contribution in [-0.2, 0) is 20.8 Å². The molecular weight excluding hydrogens is 471 g/mol. The summed E-state index contributed by atoms with van der Waals surface area (Å²) in [4.78, 5) is 39.8. The van der Waals surface area contributed by atoms with Gasteiger partial charge in [-0.1, -0.05) is 23.7 Å². The molecule has 3 rings (SSSR count). The van der Waals surface area contributed by atoms with E-state index in [-0.39, 0.29) is 17.9 Å². The van der Waals surface area contributed by atoms with Crippen LogP contribution in [0.5, 0.6) is 0 Å². The van der Waals surface area contributed by atoms with Gasteiger partial charge in [-0.25, -0.2) is 14.0 Å². The maximum atomic E-state index is 14.6. The molecule has 0 saturated heterocycles. The topological polar surface area (TPSA) is 84.9 Å². The average molecular weight is 495 g/mol. The molecule has 0 saturated carbocycles. The Morgan fingerprint density at radius 1 is 1.24 bits per heavy atom. The Bertz CT molecular complexity index is 1070. The molecule has 0 unspecified atom stereocenters. The quantitative estimate of drug-likeness (QED) is 0.615. The van der Waals surface area contributed by atoms with Crippen LogP contribution in [0.2, 0.25) is 5.02 Å². The third-order valence-electron chi connectivity index (χ3n) is 4.66. The molecule has 0 spiro atoms. The van der Waals surface area contributed by atoms with E-state index < -0.39 is 35.4 Å². The number of alkyl carbamates (subject to hydrolysis) is 1. The van der Waals surface area contributed by atoms with Gasteiger partial charge in [-0.3, -0.25) is 4.79 Å². The number of carbonyl (C=O) groups excluding carboxylic acids is 3. The molecule has 10 heteroatoms. The number of halogens is 2. The zero-order valence-corrected chi connectivity index (χ0v) is 20.2. The number of fused-ring (bicyclic) bond motifs is 1. The molecule has 2 amide bonds. The minimum atomic E-state index is -0.936. The normalized spacial score (nSPS) is 16.0. The summed E-state index contributed by atoms with van der Waals surface area (Å²) < 4.78 is 24.6. The lowest BCUT2D eigenvalue weighted by atomic mass is 10.1. The molecule has 2 aromatic carbocycles. The molecule has 0 aromatic heterocycles. The molecule has 7 nitrogen and oxygen atoms in total. The van der Waals surface area contributed by atoms with Gasteiger partial charge in [-0.15, -0.1) is 11.8 Å². The van der Waals surface area contributed by atoms with Crippen molar-refractivity contribution in [2.45, 2.75) is 43.9 Å². The Labute approximate surface area is 200 Å². The zero-order chi connectivity index (χ0) is 24.3. The molecule has 0 radical (unpaired) electrons. The summed E-state index contributed by atoms with van der Waals surface area (Å²) in [6, 6.07) is 8.46. The van der Waals surface area contributed by atoms with Gasteiger partial charge in [0.25, 0.3) is 5.91 Å². The van der Waals surface area contributed by atoms with Crippen molar-refractivity contribution in [3.63, 3.8) is 0 Å². The highest BCUT2D eigenvalue weighted by Crippen LogP contribution is 2.37. The van der Waals surface area contributed by atoms with Crippen LogP contribution in [0.15, 0.2) is 41.3 Å². The molecule has 0 aliphatic carbocycles. The number of thioether (sulfide) groups is 1. The van der Waals surface area contributed by atoms with Gasteiger partial charge in [0.1, 0.15) is 17.5 Å². The lowest BCUT2D eigenvalue weighted by Crippen LogP contribution is -2.50. The summed E-state index contributed by atoms with van der Waals surface area (Å²) in [5.41, 5.74) is 0.0697. The second-order valence-corrected chi connectivity index (χ2v) is 9.85. The highest BCUT2D eigenvalue weighted by Gasteiger charge is 2.34. The second kappa shape index (κ2) is 10.0. The van der Waals surface area contributed by atoms with Crippen LogP contribution in [0.3, 0.4) is 0 Å². The van der Waals surface area contributed by atoms with E-state index in [0.29, 0.717) is 15.6 Å². The predicted molar refractivity (Wildman–Crippen MR) is 124 cm³/mol. The number of nitrogens with one attached hydrogen (secondary N) is 1. The molecule has 1 aliphatic heterocycles. The monoisotopic (exact) mass is 494 g/mol. The minimum absolute atomic E-state index is 0.113. The van der Waals surface area contributed by atoms with Gasteiger partial charge >= 0.3 is 12.1 Å². The van der Waals surface area contributed by atoms with Crippen LogP contribution in [0.25, 0.3) is 0 Å². The Kier molecular flexibility index (Phi) is 7.54. The predicted octanol–water partition coefficient (Wildman–Crippen LogP) is 4.80. The summed E-state index contributed by atoms with van der Waals surface area (Å²) in [7, 11) is 1.15. The standard InChI is InChI=1S/C23H24ClFN2O5S/c1-23(2,3)32-22(30)26-17-12-33-19-10-16(25)15(21(29)31-4)9-18(19)27(20(17)28)11-13-5-7-14(24)8-6-13/h5-10,17H,11-12H2,1-4H3,(H,26,30)/t17-/m0/s1. The summed E-state index contributed by atoms with van der Waals surface area (Å²) in [6.45, 7) is 5.27. The number of hydrogen-bond acceptors (Lipinski definition) is 6. The van der Waals surface area contributed by atoms with E-state index in [4.69, 9.17) is 16.3 Å². The van der Waals surface area contributed by atoms with E-state index in [1.54, 1.807) is 45.0 Å². The molecule has 1 heterocycles. The van der Waals surface area contributed by atoms with Crippen molar-refractivity contribution < 1.29 is 28.2 Å². The first-order valence-corrected chi connectivity index (χ1v) is 11.4. The van der Waals surface area contributed by atoms with E-state index >= 15 is 0 Å². The highest BCUT2D eigenvalue weighted by atomic mass is 35.5. The molecule has 1 atom stereocenters. The van der Waals surface area contributed by atoms with Crippen molar-refractivity contribution in [3.05, 3.63) is 58.4 Å². The van der Waals surface area contributed by atoms with Gasteiger partial charge in [-0.05, 0) is 50.6 Å². The second-order valence-electron chi connectivity index (χ2n) is 8.35. The minimum Gasteiger partial charge on any atom is -0.465 e. The van der Waals surface area contributed by atoms with E-state index in [1.165, 1.54) is 28.8 Å². The number of ether oxygens (including phenoxy) is 2. The number of benzene rings is 2. The number of anilines is 1. The first kappa shape index (κ1) is 24.9. The molecule has 33 heavy (non-hydrogen) atoms. The SMILES string of the molecule is COC(=O)c1cc2c(cc1F)SC[C@H](NC(=O)OC(C)(C)C)C(=O)N2Cc1ccc(Cl)cc1. The molecule has 1 N–H and O–H groups in total. The van der Waals surface area contributed by atoms with Crippen molar-refractivity contribution in [3.8, 4) is 0 Å². The van der Waals surface area contributed by atoms with Crippen molar-refractivity contribution in [2.75, 3.05) is 17.8 Å². The average Bonchev–Trinajstić information content (AvgIpc) is 2.85. The van der Waals surface area contributed by atoms with Gasteiger partial charge in [0.05, 0.1) is 24.9 Å². The summed E-state index contributed by atoms with van der Waals surface area (Å²) in [5, 5.41) is 3.15. The third-order valence-corrected chi connectivity index (χ3v) is 6.05. The van der Waals surface area contributed by atoms with Crippen molar-refractivity contribution in [2.24, 2.45) is 0 Å². The van der Waals surface area contributed by atoms with Crippen molar-refractivity contribution >= 4 is 47.0 Å². The van der Waals surface area contributed by atoms with Gasteiger partial charge in [0.15, 0.2) is 0 Å². The fourth-order valence-corrected chi connectivity index (χ4v) is 4.38. The third kappa shape index (κ3) is 6.17. The van der Waals surface area contributed by atoms with Gasteiger partial charge in [0.2, 0.25) is 0 Å². The summed E-state index contributed by atoms with van der Waals surface area (Å²) in [5.74, 6) is -1.89.